The summed E-state index contributed by atoms with van der Waals surface area (Å²) in [5.41, 5.74) is 4.58. The lowest BCUT2D eigenvalue weighted by atomic mass is 9.95. The average molecular weight is 406 g/mol. The Bertz CT molecular complexity index is 1150. The second kappa shape index (κ2) is 7.40. The van der Waals surface area contributed by atoms with Crippen molar-refractivity contribution in [3.05, 3.63) is 53.2 Å². The number of aromatic amines is 1. The van der Waals surface area contributed by atoms with E-state index in [0.29, 0.717) is 22.7 Å². The predicted octanol–water partition coefficient (Wildman–Crippen LogP) is 3.96. The molecule has 2 aromatic carbocycles. The summed E-state index contributed by atoms with van der Waals surface area (Å²) >= 11 is 0. The second-order valence-corrected chi connectivity index (χ2v) is 7.65. The number of amides is 1. The predicted molar refractivity (Wildman–Crippen MR) is 111 cm³/mol. The third-order valence-electron chi connectivity index (χ3n) is 5.63. The van der Waals surface area contributed by atoms with Gasteiger partial charge in [-0.25, -0.2) is 4.79 Å². The van der Waals surface area contributed by atoms with Crippen LogP contribution in [0.2, 0.25) is 0 Å². The number of fused-ring (bicyclic) bond motifs is 4. The van der Waals surface area contributed by atoms with E-state index in [2.05, 4.69) is 10.3 Å². The first-order valence-corrected chi connectivity index (χ1v) is 10.1. The van der Waals surface area contributed by atoms with E-state index >= 15 is 0 Å². The fraction of sp³-hybridized carbons (Fsp3) is 0.304. The van der Waals surface area contributed by atoms with E-state index < -0.39 is 18.0 Å². The van der Waals surface area contributed by atoms with Crippen LogP contribution in [0.1, 0.15) is 41.4 Å². The summed E-state index contributed by atoms with van der Waals surface area (Å²) in [6.45, 7) is 1.71. The Balaban J connectivity index is 1.28. The maximum atomic E-state index is 12.7. The van der Waals surface area contributed by atoms with Crippen LogP contribution in [-0.4, -0.2) is 29.8 Å². The van der Waals surface area contributed by atoms with Crippen molar-refractivity contribution in [2.24, 2.45) is 0 Å². The highest BCUT2D eigenvalue weighted by molar-refractivity contribution is 5.99. The van der Waals surface area contributed by atoms with Crippen LogP contribution in [0.25, 0.3) is 10.9 Å². The SMILES string of the molecule is CC(OC(=O)c1ccc2[nH]c3c(c2c1)CCCC3)C(=O)Nc1ccc2c(c1)OCO2. The molecule has 1 amide bonds. The first-order valence-electron chi connectivity index (χ1n) is 10.1. The number of nitrogens with one attached hydrogen (secondary N) is 2. The Morgan fingerprint density at radius 3 is 2.80 bits per heavy atom. The van der Waals surface area contributed by atoms with E-state index in [9.17, 15) is 9.59 Å². The van der Waals surface area contributed by atoms with Crippen LogP contribution in [0.3, 0.4) is 0 Å². The van der Waals surface area contributed by atoms with Crippen molar-refractivity contribution in [3.8, 4) is 11.5 Å². The van der Waals surface area contributed by atoms with Crippen molar-refractivity contribution >= 4 is 28.5 Å². The van der Waals surface area contributed by atoms with Gasteiger partial charge in [0.05, 0.1) is 5.56 Å². The van der Waals surface area contributed by atoms with E-state index in [-0.39, 0.29) is 6.79 Å². The number of ether oxygens (including phenoxy) is 3. The molecule has 2 N–H and O–H groups in total. The molecule has 0 fully saturated rings. The van der Waals surface area contributed by atoms with Crippen molar-refractivity contribution in [3.63, 3.8) is 0 Å². The maximum absolute atomic E-state index is 12.7. The second-order valence-electron chi connectivity index (χ2n) is 7.65. The molecular weight excluding hydrogens is 384 g/mol. The Labute approximate surface area is 173 Å². The minimum absolute atomic E-state index is 0.162. The molecule has 0 saturated carbocycles. The van der Waals surface area contributed by atoms with Crippen LogP contribution in [0.4, 0.5) is 5.69 Å². The van der Waals surface area contributed by atoms with Crippen LogP contribution >= 0.6 is 0 Å². The molecule has 0 spiro atoms. The zero-order valence-electron chi connectivity index (χ0n) is 16.6. The van der Waals surface area contributed by atoms with Gasteiger partial charge in [0.2, 0.25) is 6.79 Å². The lowest BCUT2D eigenvalue weighted by Crippen LogP contribution is -2.30. The van der Waals surface area contributed by atoms with Crippen molar-refractivity contribution in [2.45, 2.75) is 38.7 Å². The Hall–Kier alpha value is -3.48. The molecule has 2 aliphatic rings. The number of H-pyrrole nitrogens is 1. The standard InChI is InChI=1S/C23H22N2O5/c1-13(22(26)24-15-7-9-20-21(11-15)29-12-28-20)30-23(27)14-6-8-19-17(10-14)16-4-2-3-5-18(16)25-19/h6-11,13,25H,2-5,12H2,1H3,(H,24,26). The normalized spacial score (nSPS) is 15.5. The Morgan fingerprint density at radius 2 is 1.90 bits per heavy atom. The van der Waals surface area contributed by atoms with Crippen molar-refractivity contribution < 1.29 is 23.8 Å². The van der Waals surface area contributed by atoms with Gasteiger partial charge >= 0.3 is 5.97 Å². The highest BCUT2D eigenvalue weighted by atomic mass is 16.7. The van der Waals surface area contributed by atoms with Gasteiger partial charge in [0.25, 0.3) is 5.91 Å². The van der Waals surface area contributed by atoms with E-state index in [1.807, 2.05) is 12.1 Å². The molecule has 1 atom stereocenters. The highest BCUT2D eigenvalue weighted by Crippen LogP contribution is 2.34. The monoisotopic (exact) mass is 406 g/mol. The number of carbonyl (C=O) groups is 2. The summed E-state index contributed by atoms with van der Waals surface area (Å²) in [5.74, 6) is 0.272. The number of anilines is 1. The molecule has 2 heterocycles. The molecule has 1 aliphatic carbocycles. The lowest BCUT2D eigenvalue weighted by molar-refractivity contribution is -0.123. The molecule has 3 aromatic rings. The van der Waals surface area contributed by atoms with Gasteiger partial charge in [0, 0.05) is 28.4 Å². The largest absolute Gasteiger partial charge is 0.454 e. The number of rotatable bonds is 4. The van der Waals surface area contributed by atoms with Gasteiger partial charge in [-0.05, 0) is 68.5 Å². The first-order chi connectivity index (χ1) is 14.6. The van der Waals surface area contributed by atoms with Crippen molar-refractivity contribution in [1.29, 1.82) is 0 Å². The maximum Gasteiger partial charge on any atom is 0.338 e. The summed E-state index contributed by atoms with van der Waals surface area (Å²) in [4.78, 5) is 28.6. The molecule has 7 nitrogen and oxygen atoms in total. The zero-order valence-corrected chi connectivity index (χ0v) is 16.6. The van der Waals surface area contributed by atoms with E-state index in [0.717, 1.165) is 30.2 Å². The third kappa shape index (κ3) is 3.36. The molecule has 7 heteroatoms. The molecular formula is C23H22N2O5. The summed E-state index contributed by atoms with van der Waals surface area (Å²) in [5, 5.41) is 3.80. The van der Waals surface area contributed by atoms with Gasteiger partial charge in [-0.3, -0.25) is 4.79 Å². The molecule has 1 aromatic heterocycles. The first kappa shape index (κ1) is 18.5. The van der Waals surface area contributed by atoms with Gasteiger partial charge in [-0.1, -0.05) is 0 Å². The fourth-order valence-electron chi connectivity index (χ4n) is 4.03. The summed E-state index contributed by atoms with van der Waals surface area (Å²) in [6.07, 6.45) is 3.46. The molecule has 5 rings (SSSR count). The number of carbonyl (C=O) groups excluding carboxylic acids is 2. The lowest BCUT2D eigenvalue weighted by Gasteiger charge is -2.14. The average Bonchev–Trinajstić information content (AvgIpc) is 3.37. The van der Waals surface area contributed by atoms with Gasteiger partial charge in [0.15, 0.2) is 17.6 Å². The van der Waals surface area contributed by atoms with E-state index in [1.165, 1.54) is 17.7 Å². The Morgan fingerprint density at radius 1 is 1.07 bits per heavy atom. The molecule has 30 heavy (non-hydrogen) atoms. The zero-order chi connectivity index (χ0) is 20.7. The number of esters is 1. The number of aryl methyl sites for hydroxylation is 2. The van der Waals surface area contributed by atoms with Crippen LogP contribution in [0, 0.1) is 0 Å². The number of hydrogen-bond acceptors (Lipinski definition) is 5. The molecule has 1 unspecified atom stereocenters. The minimum Gasteiger partial charge on any atom is -0.454 e. The molecule has 154 valence electrons. The van der Waals surface area contributed by atoms with E-state index in [4.69, 9.17) is 14.2 Å². The molecule has 0 saturated heterocycles. The van der Waals surface area contributed by atoms with Gasteiger partial charge in [0.1, 0.15) is 0 Å². The van der Waals surface area contributed by atoms with Crippen LogP contribution in [0.15, 0.2) is 36.4 Å². The number of aromatic nitrogens is 1. The highest BCUT2D eigenvalue weighted by Gasteiger charge is 2.22. The van der Waals surface area contributed by atoms with E-state index in [1.54, 1.807) is 31.2 Å². The number of benzene rings is 2. The van der Waals surface area contributed by atoms with Crippen molar-refractivity contribution in [2.75, 3.05) is 12.1 Å². The fourth-order valence-corrected chi connectivity index (χ4v) is 4.03. The van der Waals surface area contributed by atoms with Gasteiger partial charge < -0.3 is 24.5 Å². The van der Waals surface area contributed by atoms with Crippen LogP contribution in [0.5, 0.6) is 11.5 Å². The summed E-state index contributed by atoms with van der Waals surface area (Å²) in [7, 11) is 0. The quantitative estimate of drug-likeness (QED) is 0.640. The summed E-state index contributed by atoms with van der Waals surface area (Å²) in [6, 6.07) is 10.6. The summed E-state index contributed by atoms with van der Waals surface area (Å²) < 4.78 is 16.0. The Kier molecular flexibility index (Phi) is 4.58. The third-order valence-corrected chi connectivity index (χ3v) is 5.63. The van der Waals surface area contributed by atoms with Crippen LogP contribution in [-0.2, 0) is 22.4 Å². The number of hydrogen-bond donors (Lipinski definition) is 2. The molecule has 0 bridgehead atoms. The topological polar surface area (TPSA) is 89.7 Å². The molecule has 1 aliphatic heterocycles. The molecule has 0 radical (unpaired) electrons. The minimum atomic E-state index is -0.946. The van der Waals surface area contributed by atoms with Crippen LogP contribution < -0.4 is 14.8 Å². The van der Waals surface area contributed by atoms with Gasteiger partial charge in [-0.2, -0.15) is 0 Å². The van der Waals surface area contributed by atoms with Crippen molar-refractivity contribution in [1.82, 2.24) is 4.98 Å². The van der Waals surface area contributed by atoms with Gasteiger partial charge in [-0.15, -0.1) is 0 Å². The smallest absolute Gasteiger partial charge is 0.338 e.